The van der Waals surface area contributed by atoms with Crippen molar-refractivity contribution >= 4 is 9.90 Å². The molecule has 1 atom stereocenters. The van der Waals surface area contributed by atoms with E-state index in [9.17, 15) is 0 Å². The third-order valence-corrected chi connectivity index (χ3v) is 3.94. The molecule has 0 saturated carbocycles. The molecule has 21 heavy (non-hydrogen) atoms. The molecule has 2 heteroatoms. The molecule has 0 amide bonds. The first-order valence-corrected chi connectivity index (χ1v) is 6.69. The van der Waals surface area contributed by atoms with Gasteiger partial charge in [0, 0.05) is 0 Å². The number of hydrogen-bond acceptors (Lipinski definition) is 0. The molecule has 1 nitrogen and oxygen atoms in total. The van der Waals surface area contributed by atoms with Gasteiger partial charge in [-0.05, 0) is 39.8 Å². The lowest BCUT2D eigenvalue weighted by atomic mass is 9.96. The van der Waals surface area contributed by atoms with Crippen molar-refractivity contribution in [3.8, 4) is 22.3 Å². The largest absolute Gasteiger partial charge is 0.412 e. The Morgan fingerprint density at radius 2 is 1.19 bits per heavy atom. The maximum atomic E-state index is 2.24. The van der Waals surface area contributed by atoms with Gasteiger partial charge in [-0.1, -0.05) is 72.8 Å². The number of rotatable bonds is 1. The zero-order valence-corrected chi connectivity index (χ0v) is 13.3. The van der Waals surface area contributed by atoms with E-state index in [1.165, 1.54) is 33.4 Å². The van der Waals surface area contributed by atoms with Crippen LogP contribution in [0.25, 0.3) is 22.3 Å². The molecule has 3 aromatic rings. The summed E-state index contributed by atoms with van der Waals surface area (Å²) in [5.74, 6) is 0. The molecule has 1 aliphatic rings. The monoisotopic (exact) mass is 294 g/mol. The highest BCUT2D eigenvalue weighted by Crippen LogP contribution is 2.41. The lowest BCUT2D eigenvalue weighted by Gasteiger charge is -2.08. The summed E-state index contributed by atoms with van der Waals surface area (Å²) in [7, 11) is 0. The molecule has 0 heterocycles. The number of benzene rings is 3. The molecule has 3 aromatic carbocycles. The molecule has 0 saturated heterocycles. The predicted octanol–water partition coefficient (Wildman–Crippen LogP) is 4.16. The van der Waals surface area contributed by atoms with E-state index in [1.807, 2.05) is 0 Å². The normalized spacial score (nSPS) is 10.9. The molecule has 0 spiro atoms. The van der Waals surface area contributed by atoms with Crippen LogP contribution in [0.1, 0.15) is 11.1 Å². The quantitative estimate of drug-likeness (QED) is 0.472. The Bertz CT molecular complexity index is 751. The van der Waals surface area contributed by atoms with E-state index < -0.39 is 0 Å². The van der Waals surface area contributed by atoms with Crippen molar-refractivity contribution in [2.45, 2.75) is 6.42 Å². The van der Waals surface area contributed by atoms with E-state index in [0.29, 0.717) is 0 Å². The Morgan fingerprint density at radius 3 is 2.00 bits per heavy atom. The molecule has 1 unspecified atom stereocenters. The van der Waals surface area contributed by atoms with Gasteiger partial charge >= 0.3 is 0 Å². The van der Waals surface area contributed by atoms with E-state index in [-0.39, 0.29) is 15.4 Å². The van der Waals surface area contributed by atoms with Crippen molar-refractivity contribution in [1.82, 2.24) is 0 Å². The van der Waals surface area contributed by atoms with Gasteiger partial charge in [-0.15, -0.1) is 0 Å². The van der Waals surface area contributed by atoms with E-state index in [2.05, 4.69) is 72.8 Å². The summed E-state index contributed by atoms with van der Waals surface area (Å²) < 4.78 is 0. The third kappa shape index (κ3) is 2.51. The average Bonchev–Trinajstić information content (AvgIpc) is 2.87. The van der Waals surface area contributed by atoms with Gasteiger partial charge in [-0.2, -0.15) is 9.90 Å². The van der Waals surface area contributed by atoms with Gasteiger partial charge in [0.1, 0.15) is 0 Å². The lowest BCUT2D eigenvalue weighted by molar-refractivity contribution is 0.824. The number of fused-ring (bicyclic) bond motifs is 3. The van der Waals surface area contributed by atoms with Crippen molar-refractivity contribution in [1.29, 1.82) is 0 Å². The van der Waals surface area contributed by atoms with E-state index >= 15 is 0 Å². The van der Waals surface area contributed by atoms with Crippen LogP contribution in [0.2, 0.25) is 0 Å². The second-order valence-electron chi connectivity index (χ2n) is 5.03. The Labute approximate surface area is 128 Å². The molecule has 4 rings (SSSR count). The van der Waals surface area contributed by atoms with Crippen LogP contribution in [0.5, 0.6) is 0 Å². The fourth-order valence-electron chi connectivity index (χ4n) is 3.05. The Balaban J connectivity index is 0.000000807. The maximum Gasteiger partial charge on any atom is -0.000729 e. The zero-order chi connectivity index (χ0) is 12.7. The van der Waals surface area contributed by atoms with E-state index in [0.717, 1.165) is 6.42 Å². The summed E-state index contributed by atoms with van der Waals surface area (Å²) in [4.78, 5) is 0. The van der Waals surface area contributed by atoms with Crippen molar-refractivity contribution < 1.29 is 5.48 Å². The van der Waals surface area contributed by atoms with Crippen LogP contribution in [0.3, 0.4) is 0 Å². The summed E-state index contributed by atoms with van der Waals surface area (Å²) in [6.45, 7) is 0. The van der Waals surface area contributed by atoms with Crippen molar-refractivity contribution in [2.75, 3.05) is 0 Å². The highest BCUT2D eigenvalue weighted by atomic mass is 31.0. The van der Waals surface area contributed by atoms with Gasteiger partial charge in [0.25, 0.3) is 0 Å². The van der Waals surface area contributed by atoms with Crippen LogP contribution in [0.15, 0.2) is 72.8 Å². The topological polar surface area (TPSA) is 31.5 Å². The summed E-state index contributed by atoms with van der Waals surface area (Å²) in [5.41, 5.74) is 8.39. The SMILES string of the molecule is O.P.c1ccc(-c2cccc3c2Cc2ccccc2-3)cc1. The molecule has 0 aromatic heterocycles. The predicted molar refractivity (Wildman–Crippen MR) is 94.8 cm³/mol. The van der Waals surface area contributed by atoms with Crippen LogP contribution < -0.4 is 0 Å². The van der Waals surface area contributed by atoms with Crippen LogP contribution in [0, 0.1) is 0 Å². The Morgan fingerprint density at radius 1 is 0.571 bits per heavy atom. The van der Waals surface area contributed by atoms with Gasteiger partial charge < -0.3 is 5.48 Å². The van der Waals surface area contributed by atoms with Gasteiger partial charge in [0.05, 0.1) is 0 Å². The first kappa shape index (κ1) is 15.4. The third-order valence-electron chi connectivity index (χ3n) is 3.94. The second-order valence-corrected chi connectivity index (χ2v) is 5.03. The van der Waals surface area contributed by atoms with E-state index in [1.54, 1.807) is 0 Å². The molecule has 0 fully saturated rings. The minimum atomic E-state index is 0. The van der Waals surface area contributed by atoms with Crippen LogP contribution in [-0.2, 0) is 6.42 Å². The summed E-state index contributed by atoms with van der Waals surface area (Å²) >= 11 is 0. The highest BCUT2D eigenvalue weighted by molar-refractivity contribution is 6.92. The zero-order valence-electron chi connectivity index (χ0n) is 11.8. The van der Waals surface area contributed by atoms with Crippen LogP contribution >= 0.6 is 9.90 Å². The van der Waals surface area contributed by atoms with Crippen LogP contribution in [-0.4, -0.2) is 5.48 Å². The fourth-order valence-corrected chi connectivity index (χ4v) is 3.05. The molecule has 1 aliphatic carbocycles. The molecule has 0 radical (unpaired) electrons. The molecule has 2 N–H and O–H groups in total. The summed E-state index contributed by atoms with van der Waals surface area (Å²) in [6, 6.07) is 26.1. The van der Waals surface area contributed by atoms with Crippen LogP contribution in [0.4, 0.5) is 0 Å². The second kappa shape index (κ2) is 6.22. The molecule has 106 valence electrons. The molecule has 0 bridgehead atoms. The van der Waals surface area contributed by atoms with Gasteiger partial charge in [-0.3, -0.25) is 0 Å². The van der Waals surface area contributed by atoms with Crippen molar-refractivity contribution in [2.24, 2.45) is 0 Å². The molecular weight excluding hydrogens is 275 g/mol. The van der Waals surface area contributed by atoms with Crippen molar-refractivity contribution in [3.05, 3.63) is 83.9 Å². The summed E-state index contributed by atoms with van der Waals surface area (Å²) in [6.07, 6.45) is 1.05. The van der Waals surface area contributed by atoms with E-state index in [4.69, 9.17) is 0 Å². The smallest absolute Gasteiger partial charge is 0.000729 e. The molecule has 0 aliphatic heterocycles. The van der Waals surface area contributed by atoms with Gasteiger partial charge in [0.15, 0.2) is 0 Å². The highest BCUT2D eigenvalue weighted by Gasteiger charge is 2.20. The van der Waals surface area contributed by atoms with Gasteiger partial charge in [-0.25, -0.2) is 0 Å². The first-order chi connectivity index (χ1) is 9.43. The lowest BCUT2D eigenvalue weighted by Crippen LogP contribution is -1.87. The standard InChI is InChI=1S/C19H14.H2O.H3P/c1-2-7-14(8-3-1)16-11-6-12-18-17-10-5-4-9-15(17)13-19(16)18;;/h1-12H,13H2;1H2;1H3. The average molecular weight is 294 g/mol. The minimum Gasteiger partial charge on any atom is -0.412 e. The maximum absolute atomic E-state index is 2.24. The van der Waals surface area contributed by atoms with Gasteiger partial charge in [0.2, 0.25) is 0 Å². The minimum absolute atomic E-state index is 0. The van der Waals surface area contributed by atoms with Crippen molar-refractivity contribution in [3.63, 3.8) is 0 Å². The Hall–Kier alpha value is -1.95. The number of hydrogen-bond donors (Lipinski definition) is 0. The fraction of sp³-hybridized carbons (Fsp3) is 0.0526. The summed E-state index contributed by atoms with van der Waals surface area (Å²) in [5, 5.41) is 0. The molecular formula is C19H19OP. The first-order valence-electron chi connectivity index (χ1n) is 6.69. The Kier molecular flexibility index (Phi) is 4.57.